The molecule has 0 aliphatic carbocycles. The number of pyridine rings is 1. The zero-order valence-electron chi connectivity index (χ0n) is 14.7. The van der Waals surface area contributed by atoms with Gasteiger partial charge in [0, 0.05) is 50.9 Å². The molecule has 1 aromatic heterocycles. The summed E-state index contributed by atoms with van der Waals surface area (Å²) in [6.07, 6.45) is 2.69. The van der Waals surface area contributed by atoms with Crippen LogP contribution in [0.5, 0.6) is 0 Å². The number of ether oxygens (including phenoxy) is 1. The zero-order valence-corrected chi connectivity index (χ0v) is 14.7. The van der Waals surface area contributed by atoms with Crippen molar-refractivity contribution in [2.45, 2.75) is 6.42 Å². The van der Waals surface area contributed by atoms with E-state index in [1.165, 1.54) is 5.69 Å². The Labute approximate surface area is 149 Å². The van der Waals surface area contributed by atoms with Crippen molar-refractivity contribution in [2.75, 3.05) is 44.8 Å². The van der Waals surface area contributed by atoms with Crippen molar-refractivity contribution in [3.63, 3.8) is 0 Å². The number of carbonyl (C=O) groups is 1. The summed E-state index contributed by atoms with van der Waals surface area (Å²) in [4.78, 5) is 21.1. The fourth-order valence-electron chi connectivity index (χ4n) is 3.36. The van der Waals surface area contributed by atoms with Crippen LogP contribution in [0.25, 0.3) is 0 Å². The molecule has 1 unspecified atom stereocenters. The molecule has 0 bridgehead atoms. The predicted molar refractivity (Wildman–Crippen MR) is 98.5 cm³/mol. The van der Waals surface area contributed by atoms with Crippen molar-refractivity contribution in [3.8, 4) is 0 Å². The van der Waals surface area contributed by atoms with E-state index < -0.39 is 0 Å². The lowest BCUT2D eigenvalue weighted by Crippen LogP contribution is -2.38. The number of amides is 1. The summed E-state index contributed by atoms with van der Waals surface area (Å²) in [6, 6.07) is 16.4. The van der Waals surface area contributed by atoms with Crippen LogP contribution in [-0.4, -0.2) is 55.7 Å². The minimum Gasteiger partial charge on any atom is -0.375 e. The predicted octanol–water partition coefficient (Wildman–Crippen LogP) is 2.24. The van der Waals surface area contributed by atoms with Crippen LogP contribution in [-0.2, 0) is 16.0 Å². The Morgan fingerprint density at radius 1 is 1.12 bits per heavy atom. The van der Waals surface area contributed by atoms with Crippen LogP contribution in [0.2, 0.25) is 0 Å². The van der Waals surface area contributed by atoms with E-state index in [0.717, 1.165) is 38.3 Å². The number of anilines is 1. The molecule has 0 N–H and O–H groups in total. The summed E-state index contributed by atoms with van der Waals surface area (Å²) < 4.78 is 5.05. The maximum Gasteiger partial charge on any atom is 0.248 e. The molecule has 25 heavy (non-hydrogen) atoms. The lowest BCUT2D eigenvalue weighted by atomic mass is 10.0. The quantitative estimate of drug-likeness (QED) is 0.838. The van der Waals surface area contributed by atoms with Crippen LogP contribution < -0.4 is 4.90 Å². The minimum atomic E-state index is 0.0587. The van der Waals surface area contributed by atoms with Gasteiger partial charge in [0.15, 0.2) is 0 Å². The molecular weight excluding hydrogens is 314 g/mol. The van der Waals surface area contributed by atoms with Crippen molar-refractivity contribution < 1.29 is 9.53 Å². The molecule has 2 aromatic rings. The van der Waals surface area contributed by atoms with E-state index in [1.807, 2.05) is 29.3 Å². The second-order valence-corrected chi connectivity index (χ2v) is 6.45. The van der Waals surface area contributed by atoms with Crippen molar-refractivity contribution in [2.24, 2.45) is 5.92 Å². The number of hydrogen-bond acceptors (Lipinski definition) is 4. The van der Waals surface area contributed by atoms with Gasteiger partial charge in [-0.3, -0.25) is 9.78 Å². The van der Waals surface area contributed by atoms with Crippen LogP contribution in [0, 0.1) is 5.92 Å². The molecule has 1 amide bonds. The number of methoxy groups -OCH3 is 1. The number of hydrogen-bond donors (Lipinski definition) is 0. The van der Waals surface area contributed by atoms with Gasteiger partial charge < -0.3 is 14.5 Å². The van der Waals surface area contributed by atoms with Gasteiger partial charge >= 0.3 is 0 Å². The van der Waals surface area contributed by atoms with Gasteiger partial charge in [0.2, 0.25) is 5.91 Å². The third kappa shape index (κ3) is 4.79. The fraction of sp³-hybridized carbons (Fsp3) is 0.400. The topological polar surface area (TPSA) is 45.7 Å². The van der Waals surface area contributed by atoms with Crippen LogP contribution in [0.3, 0.4) is 0 Å². The van der Waals surface area contributed by atoms with Crippen molar-refractivity contribution in [1.82, 2.24) is 9.88 Å². The second-order valence-electron chi connectivity index (χ2n) is 6.45. The zero-order chi connectivity index (χ0) is 17.5. The van der Waals surface area contributed by atoms with Gasteiger partial charge in [-0.2, -0.15) is 0 Å². The molecule has 0 radical (unpaired) electrons. The lowest BCUT2D eigenvalue weighted by molar-refractivity contribution is -0.135. The molecule has 1 aliphatic heterocycles. The Kier molecular flexibility index (Phi) is 6.01. The second kappa shape index (κ2) is 8.62. The van der Waals surface area contributed by atoms with Crippen molar-refractivity contribution >= 4 is 11.6 Å². The number of aromatic nitrogens is 1. The molecule has 1 atom stereocenters. The van der Waals surface area contributed by atoms with E-state index in [2.05, 4.69) is 40.2 Å². The normalized spacial score (nSPS) is 18.0. The van der Waals surface area contributed by atoms with Gasteiger partial charge in [0.25, 0.3) is 0 Å². The molecular formula is C20H25N3O2. The first-order chi connectivity index (χ1) is 12.3. The summed E-state index contributed by atoms with van der Waals surface area (Å²) in [7, 11) is 1.57. The van der Waals surface area contributed by atoms with E-state index in [4.69, 9.17) is 4.74 Å². The Morgan fingerprint density at radius 3 is 2.64 bits per heavy atom. The Morgan fingerprint density at radius 2 is 1.92 bits per heavy atom. The Bertz CT molecular complexity index is 663. The highest BCUT2D eigenvalue weighted by Crippen LogP contribution is 2.20. The lowest BCUT2D eigenvalue weighted by Gasteiger charge is -2.25. The number of rotatable bonds is 5. The molecule has 0 spiro atoms. The third-order valence-electron chi connectivity index (χ3n) is 4.56. The van der Waals surface area contributed by atoms with Gasteiger partial charge in [0.1, 0.15) is 6.61 Å². The Balaban J connectivity index is 1.77. The smallest absolute Gasteiger partial charge is 0.248 e. The molecule has 2 heterocycles. The summed E-state index contributed by atoms with van der Waals surface area (Å²) >= 11 is 0. The molecule has 3 rings (SSSR count). The summed E-state index contributed by atoms with van der Waals surface area (Å²) in [5, 5.41) is 0. The molecule has 5 heteroatoms. The molecule has 1 aliphatic rings. The van der Waals surface area contributed by atoms with Gasteiger partial charge in [-0.05, 0) is 36.6 Å². The highest BCUT2D eigenvalue weighted by atomic mass is 16.5. The van der Waals surface area contributed by atoms with E-state index in [0.29, 0.717) is 5.92 Å². The van der Waals surface area contributed by atoms with Crippen LogP contribution >= 0.6 is 0 Å². The first-order valence-electron chi connectivity index (χ1n) is 8.73. The highest BCUT2D eigenvalue weighted by molar-refractivity contribution is 5.77. The maximum atomic E-state index is 12.4. The van der Waals surface area contributed by atoms with Crippen molar-refractivity contribution in [1.29, 1.82) is 0 Å². The third-order valence-corrected chi connectivity index (χ3v) is 4.56. The van der Waals surface area contributed by atoms with Crippen LogP contribution in [0.1, 0.15) is 5.69 Å². The van der Waals surface area contributed by atoms with Gasteiger partial charge in [0.05, 0.1) is 0 Å². The number of para-hydroxylation sites is 1. The molecule has 0 saturated carbocycles. The molecule has 5 nitrogen and oxygen atoms in total. The largest absolute Gasteiger partial charge is 0.375 e. The van der Waals surface area contributed by atoms with Crippen LogP contribution in [0.15, 0.2) is 54.7 Å². The number of carbonyl (C=O) groups excluding carboxylic acids is 1. The van der Waals surface area contributed by atoms with Gasteiger partial charge in [-0.1, -0.05) is 24.3 Å². The SMILES string of the molecule is COCC(=O)N1CCN(c2ccccc2)CC(Cc2ccccn2)C1. The highest BCUT2D eigenvalue weighted by Gasteiger charge is 2.26. The Hall–Kier alpha value is -2.40. The molecule has 1 saturated heterocycles. The maximum absolute atomic E-state index is 12.4. The fourth-order valence-corrected chi connectivity index (χ4v) is 3.36. The molecule has 132 valence electrons. The summed E-state index contributed by atoms with van der Waals surface area (Å²) in [5.41, 5.74) is 2.27. The summed E-state index contributed by atoms with van der Waals surface area (Å²) in [5.74, 6) is 0.391. The van der Waals surface area contributed by atoms with E-state index in [1.54, 1.807) is 7.11 Å². The first-order valence-corrected chi connectivity index (χ1v) is 8.73. The number of nitrogens with zero attached hydrogens (tertiary/aromatic N) is 3. The molecule has 1 fully saturated rings. The van der Waals surface area contributed by atoms with Gasteiger partial charge in [-0.25, -0.2) is 0 Å². The number of benzene rings is 1. The minimum absolute atomic E-state index is 0.0587. The van der Waals surface area contributed by atoms with E-state index in [-0.39, 0.29) is 12.5 Å². The first kappa shape index (κ1) is 17.4. The molecule has 1 aromatic carbocycles. The van der Waals surface area contributed by atoms with Crippen LogP contribution in [0.4, 0.5) is 5.69 Å². The van der Waals surface area contributed by atoms with E-state index in [9.17, 15) is 4.79 Å². The monoisotopic (exact) mass is 339 g/mol. The van der Waals surface area contributed by atoms with Crippen molar-refractivity contribution in [3.05, 3.63) is 60.4 Å². The summed E-state index contributed by atoms with van der Waals surface area (Å²) in [6.45, 7) is 3.34. The van der Waals surface area contributed by atoms with Gasteiger partial charge in [-0.15, -0.1) is 0 Å². The van der Waals surface area contributed by atoms with E-state index >= 15 is 0 Å². The average molecular weight is 339 g/mol. The average Bonchev–Trinajstić information content (AvgIpc) is 2.86. The standard InChI is InChI=1S/C20H25N3O2/c1-25-16-20(24)23-12-11-22(19-8-3-2-4-9-19)14-17(15-23)13-18-7-5-6-10-21-18/h2-10,17H,11-16H2,1H3.